The van der Waals surface area contributed by atoms with Gasteiger partial charge in [-0.1, -0.05) is 0 Å². The van der Waals surface area contributed by atoms with Crippen molar-refractivity contribution in [3.63, 3.8) is 0 Å². The quantitative estimate of drug-likeness (QED) is 0.730. The van der Waals surface area contributed by atoms with Crippen LogP contribution in [0.5, 0.6) is 0 Å². The van der Waals surface area contributed by atoms with Crippen molar-refractivity contribution in [2.24, 2.45) is 0 Å². The van der Waals surface area contributed by atoms with E-state index in [9.17, 15) is 0 Å². The van der Waals surface area contributed by atoms with E-state index in [1.807, 2.05) is 6.26 Å². The summed E-state index contributed by atoms with van der Waals surface area (Å²) < 4.78 is 0. The Labute approximate surface area is 69.9 Å². The molecule has 11 heavy (non-hydrogen) atoms. The maximum absolute atomic E-state index is 8.73. The molecule has 0 radical (unpaired) electrons. The number of hydrogen-bond acceptors (Lipinski definition) is 4. The van der Waals surface area contributed by atoms with Crippen molar-refractivity contribution in [2.45, 2.75) is 12.4 Å². The smallest absolute Gasteiger partial charge is 0.138 e. The summed E-state index contributed by atoms with van der Waals surface area (Å²) in [7, 11) is 0. The van der Waals surface area contributed by atoms with Gasteiger partial charge < -0.3 is 5.11 Å². The van der Waals surface area contributed by atoms with Crippen molar-refractivity contribution in [2.75, 3.05) is 6.26 Å². The van der Waals surface area contributed by atoms with Gasteiger partial charge in [-0.05, 0) is 12.3 Å². The SMILES string of the molecule is CSCc1nccc(CO)n1. The van der Waals surface area contributed by atoms with Crippen LogP contribution in [0.3, 0.4) is 0 Å². The number of aliphatic hydroxyl groups excluding tert-OH is 1. The van der Waals surface area contributed by atoms with E-state index in [1.165, 1.54) is 0 Å². The fraction of sp³-hybridized carbons (Fsp3) is 0.429. The van der Waals surface area contributed by atoms with Gasteiger partial charge in [-0.15, -0.1) is 0 Å². The topological polar surface area (TPSA) is 46.0 Å². The normalized spacial score (nSPS) is 10.0. The van der Waals surface area contributed by atoms with Crippen LogP contribution in [0.2, 0.25) is 0 Å². The highest BCUT2D eigenvalue weighted by atomic mass is 32.2. The molecule has 0 amide bonds. The second-order valence-electron chi connectivity index (χ2n) is 2.06. The van der Waals surface area contributed by atoms with Crippen LogP contribution in [0.1, 0.15) is 11.5 Å². The Morgan fingerprint density at radius 1 is 1.64 bits per heavy atom. The van der Waals surface area contributed by atoms with Crippen LogP contribution in [0.25, 0.3) is 0 Å². The van der Waals surface area contributed by atoms with Crippen molar-refractivity contribution in [1.82, 2.24) is 9.97 Å². The van der Waals surface area contributed by atoms with Crippen LogP contribution in [-0.2, 0) is 12.4 Å². The van der Waals surface area contributed by atoms with Gasteiger partial charge >= 0.3 is 0 Å². The monoisotopic (exact) mass is 170 g/mol. The number of nitrogens with zero attached hydrogens (tertiary/aromatic N) is 2. The molecule has 1 aromatic heterocycles. The van der Waals surface area contributed by atoms with Crippen LogP contribution < -0.4 is 0 Å². The van der Waals surface area contributed by atoms with Crippen molar-refractivity contribution in [1.29, 1.82) is 0 Å². The Morgan fingerprint density at radius 2 is 2.45 bits per heavy atom. The van der Waals surface area contributed by atoms with E-state index >= 15 is 0 Å². The maximum Gasteiger partial charge on any atom is 0.138 e. The third kappa shape index (κ3) is 2.48. The van der Waals surface area contributed by atoms with Crippen molar-refractivity contribution in [3.05, 3.63) is 23.8 Å². The third-order valence-corrected chi connectivity index (χ3v) is 1.75. The first-order chi connectivity index (χ1) is 5.36. The first-order valence-corrected chi connectivity index (χ1v) is 4.67. The predicted molar refractivity (Wildman–Crippen MR) is 45.2 cm³/mol. The Kier molecular flexibility index (Phi) is 3.32. The van der Waals surface area contributed by atoms with Gasteiger partial charge in [0.2, 0.25) is 0 Å². The van der Waals surface area contributed by atoms with Gasteiger partial charge in [-0.3, -0.25) is 0 Å². The minimum atomic E-state index is -0.0100. The second-order valence-corrected chi connectivity index (χ2v) is 2.92. The molecule has 0 saturated heterocycles. The summed E-state index contributed by atoms with van der Waals surface area (Å²) in [5.74, 6) is 1.58. The minimum Gasteiger partial charge on any atom is -0.390 e. The minimum absolute atomic E-state index is 0.0100. The molecule has 0 saturated carbocycles. The third-order valence-electron chi connectivity index (χ3n) is 1.20. The number of rotatable bonds is 3. The maximum atomic E-state index is 8.73. The molecule has 0 spiro atoms. The van der Waals surface area contributed by atoms with Crippen LogP contribution in [0, 0.1) is 0 Å². The van der Waals surface area contributed by atoms with Crippen LogP contribution in [0.4, 0.5) is 0 Å². The summed E-state index contributed by atoms with van der Waals surface area (Å²) in [5, 5.41) is 8.73. The second kappa shape index (κ2) is 4.31. The molecule has 0 unspecified atom stereocenters. The fourth-order valence-corrected chi connectivity index (χ4v) is 1.13. The molecule has 0 aliphatic rings. The molecule has 0 aliphatic heterocycles. The molecule has 0 aromatic carbocycles. The molecule has 0 bridgehead atoms. The lowest BCUT2D eigenvalue weighted by Gasteiger charge is -1.97. The van der Waals surface area contributed by atoms with Crippen LogP contribution in [-0.4, -0.2) is 21.3 Å². The molecular weight excluding hydrogens is 160 g/mol. The molecule has 0 fully saturated rings. The molecule has 60 valence electrons. The zero-order chi connectivity index (χ0) is 8.10. The van der Waals surface area contributed by atoms with E-state index < -0.39 is 0 Å². The molecular formula is C7H10N2OS. The van der Waals surface area contributed by atoms with Gasteiger partial charge in [0.15, 0.2) is 0 Å². The number of thioether (sulfide) groups is 1. The highest BCUT2D eigenvalue weighted by molar-refractivity contribution is 7.97. The van der Waals surface area contributed by atoms with E-state index in [0.29, 0.717) is 5.69 Å². The lowest BCUT2D eigenvalue weighted by atomic mass is 10.4. The Balaban J connectivity index is 2.74. The van der Waals surface area contributed by atoms with E-state index in [1.54, 1.807) is 24.0 Å². The zero-order valence-electron chi connectivity index (χ0n) is 6.32. The first kappa shape index (κ1) is 8.49. The highest BCUT2D eigenvalue weighted by Crippen LogP contribution is 2.03. The Morgan fingerprint density at radius 3 is 3.09 bits per heavy atom. The highest BCUT2D eigenvalue weighted by Gasteiger charge is 1.95. The summed E-state index contributed by atoms with van der Waals surface area (Å²) >= 11 is 1.67. The predicted octanol–water partition coefficient (Wildman–Crippen LogP) is 0.832. The molecule has 1 aromatic rings. The summed E-state index contributed by atoms with van der Waals surface area (Å²) in [6.07, 6.45) is 3.67. The first-order valence-electron chi connectivity index (χ1n) is 3.27. The number of hydrogen-bond donors (Lipinski definition) is 1. The average Bonchev–Trinajstić information content (AvgIpc) is 2.06. The molecule has 4 heteroatoms. The van der Waals surface area contributed by atoms with Gasteiger partial charge in [0.05, 0.1) is 18.1 Å². The fourth-order valence-electron chi connectivity index (χ4n) is 0.728. The van der Waals surface area contributed by atoms with E-state index in [2.05, 4.69) is 9.97 Å². The summed E-state index contributed by atoms with van der Waals surface area (Å²) in [5.41, 5.74) is 0.684. The average molecular weight is 170 g/mol. The van der Waals surface area contributed by atoms with Gasteiger partial charge in [0.1, 0.15) is 5.82 Å². The number of aromatic nitrogens is 2. The molecule has 3 nitrogen and oxygen atoms in total. The molecule has 1 heterocycles. The van der Waals surface area contributed by atoms with Crippen LogP contribution in [0.15, 0.2) is 12.3 Å². The molecule has 0 atom stereocenters. The van der Waals surface area contributed by atoms with Gasteiger partial charge in [-0.2, -0.15) is 11.8 Å². The molecule has 1 N–H and O–H groups in total. The Hall–Kier alpha value is -0.610. The van der Waals surface area contributed by atoms with Crippen molar-refractivity contribution < 1.29 is 5.11 Å². The molecule has 0 aliphatic carbocycles. The number of aliphatic hydroxyl groups is 1. The van der Waals surface area contributed by atoms with Crippen molar-refractivity contribution >= 4 is 11.8 Å². The Bertz CT molecular complexity index is 229. The molecule has 1 rings (SSSR count). The van der Waals surface area contributed by atoms with Gasteiger partial charge in [0.25, 0.3) is 0 Å². The van der Waals surface area contributed by atoms with E-state index in [-0.39, 0.29) is 6.61 Å². The summed E-state index contributed by atoms with van der Waals surface area (Å²) in [6, 6.07) is 1.71. The lowest BCUT2D eigenvalue weighted by molar-refractivity contribution is 0.276. The van der Waals surface area contributed by atoms with Crippen molar-refractivity contribution in [3.8, 4) is 0 Å². The largest absolute Gasteiger partial charge is 0.390 e. The van der Waals surface area contributed by atoms with Gasteiger partial charge in [-0.25, -0.2) is 9.97 Å². The van der Waals surface area contributed by atoms with Gasteiger partial charge in [0, 0.05) is 6.20 Å². The zero-order valence-corrected chi connectivity index (χ0v) is 7.14. The van der Waals surface area contributed by atoms with Crippen LogP contribution >= 0.6 is 11.8 Å². The van der Waals surface area contributed by atoms with E-state index in [4.69, 9.17) is 5.11 Å². The summed E-state index contributed by atoms with van der Waals surface area (Å²) in [6.45, 7) is -0.0100. The summed E-state index contributed by atoms with van der Waals surface area (Å²) in [4.78, 5) is 8.13. The standard InChI is InChI=1S/C7H10N2OS/c1-11-5-7-8-3-2-6(4-10)9-7/h2-3,10H,4-5H2,1H3. The lowest BCUT2D eigenvalue weighted by Crippen LogP contribution is -1.96. The van der Waals surface area contributed by atoms with E-state index in [0.717, 1.165) is 11.6 Å².